The van der Waals surface area contributed by atoms with Crippen molar-refractivity contribution in [1.82, 2.24) is 5.32 Å². The van der Waals surface area contributed by atoms with E-state index in [0.717, 1.165) is 0 Å². The minimum atomic E-state index is -0.432. The zero-order valence-corrected chi connectivity index (χ0v) is 11.2. The predicted octanol–water partition coefficient (Wildman–Crippen LogP) is 1.12. The van der Waals surface area contributed by atoms with E-state index in [1.165, 1.54) is 0 Å². The predicted molar refractivity (Wildman–Crippen MR) is 64.5 cm³/mol. The maximum Gasteiger partial charge on any atom is 0.307 e. The van der Waals surface area contributed by atoms with Crippen LogP contribution in [0.5, 0.6) is 0 Å². The first-order chi connectivity index (χ1) is 7.88. The summed E-state index contributed by atoms with van der Waals surface area (Å²) in [5.41, 5.74) is -0.432. The number of nitrogens with one attached hydrogen (secondary N) is 1. The maximum atomic E-state index is 11.5. The van der Waals surface area contributed by atoms with Crippen LogP contribution in [0.1, 0.15) is 34.1 Å². The van der Waals surface area contributed by atoms with Gasteiger partial charge < -0.3 is 14.8 Å². The maximum absolute atomic E-state index is 11.5. The lowest BCUT2D eigenvalue weighted by atomic mass is 9.96. The molecule has 0 aliphatic rings. The van der Waals surface area contributed by atoms with Gasteiger partial charge in [-0.05, 0) is 6.92 Å². The molecule has 0 spiro atoms. The Balaban J connectivity index is 3.55. The van der Waals surface area contributed by atoms with Crippen molar-refractivity contribution in [3.8, 4) is 0 Å². The summed E-state index contributed by atoms with van der Waals surface area (Å²) in [5, 5.41) is 2.68. The Morgan fingerprint density at radius 1 is 1.18 bits per heavy atom. The van der Waals surface area contributed by atoms with Gasteiger partial charge in [-0.15, -0.1) is 0 Å². The van der Waals surface area contributed by atoms with Gasteiger partial charge in [0.05, 0.1) is 13.0 Å². The average molecular weight is 245 g/mol. The second-order valence-corrected chi connectivity index (χ2v) is 4.67. The molecule has 0 aromatic rings. The topological polar surface area (TPSA) is 64.6 Å². The number of carbonyl (C=O) groups is 2. The van der Waals surface area contributed by atoms with Crippen molar-refractivity contribution in [2.75, 3.05) is 26.4 Å². The van der Waals surface area contributed by atoms with Gasteiger partial charge >= 0.3 is 5.97 Å². The molecular formula is C12H23NO4. The zero-order valence-electron chi connectivity index (χ0n) is 11.2. The Morgan fingerprint density at radius 2 is 1.82 bits per heavy atom. The van der Waals surface area contributed by atoms with Crippen LogP contribution < -0.4 is 5.32 Å². The molecule has 0 aliphatic carbocycles. The van der Waals surface area contributed by atoms with Gasteiger partial charge in [0.25, 0.3) is 0 Å². The molecule has 0 unspecified atom stereocenters. The molecule has 0 atom stereocenters. The fourth-order valence-corrected chi connectivity index (χ4v) is 0.974. The van der Waals surface area contributed by atoms with Gasteiger partial charge in [0.2, 0.25) is 5.91 Å². The molecule has 0 radical (unpaired) electrons. The third kappa shape index (κ3) is 8.68. The van der Waals surface area contributed by atoms with E-state index in [2.05, 4.69) is 5.32 Å². The van der Waals surface area contributed by atoms with E-state index in [0.29, 0.717) is 19.8 Å². The summed E-state index contributed by atoms with van der Waals surface area (Å²) >= 11 is 0. The number of esters is 1. The number of amides is 1. The Hall–Kier alpha value is -1.10. The van der Waals surface area contributed by atoms with Crippen molar-refractivity contribution in [2.24, 2.45) is 5.41 Å². The third-order valence-electron chi connectivity index (χ3n) is 1.99. The molecule has 0 rings (SSSR count). The van der Waals surface area contributed by atoms with E-state index in [1.807, 2.05) is 27.7 Å². The SMILES string of the molecule is CCOCCOC(=O)CCNC(=O)C(C)(C)C. The summed E-state index contributed by atoms with van der Waals surface area (Å²) in [6.07, 6.45) is 0.188. The molecule has 17 heavy (non-hydrogen) atoms. The largest absolute Gasteiger partial charge is 0.463 e. The molecular weight excluding hydrogens is 222 g/mol. The van der Waals surface area contributed by atoms with Crippen LogP contribution in [0, 0.1) is 5.41 Å². The number of rotatable bonds is 7. The highest BCUT2D eigenvalue weighted by Gasteiger charge is 2.20. The van der Waals surface area contributed by atoms with Crippen LogP contribution in [0.3, 0.4) is 0 Å². The fraction of sp³-hybridized carbons (Fsp3) is 0.833. The summed E-state index contributed by atoms with van der Waals surface area (Å²) in [6, 6.07) is 0. The van der Waals surface area contributed by atoms with Crippen molar-refractivity contribution in [3.05, 3.63) is 0 Å². The number of hydrogen-bond acceptors (Lipinski definition) is 4. The summed E-state index contributed by atoms with van der Waals surface area (Å²) in [7, 11) is 0. The molecule has 1 N–H and O–H groups in total. The highest BCUT2D eigenvalue weighted by molar-refractivity contribution is 5.81. The first-order valence-electron chi connectivity index (χ1n) is 5.89. The highest BCUT2D eigenvalue weighted by atomic mass is 16.6. The highest BCUT2D eigenvalue weighted by Crippen LogP contribution is 2.12. The number of carbonyl (C=O) groups excluding carboxylic acids is 2. The van der Waals surface area contributed by atoms with Crippen LogP contribution in [0.2, 0.25) is 0 Å². The summed E-state index contributed by atoms with van der Waals surface area (Å²) in [6.45, 7) is 8.94. The molecule has 0 saturated heterocycles. The van der Waals surface area contributed by atoms with Gasteiger partial charge in [0.15, 0.2) is 0 Å². The Kier molecular flexibility index (Phi) is 7.54. The summed E-state index contributed by atoms with van der Waals surface area (Å²) in [5.74, 6) is -0.390. The lowest BCUT2D eigenvalue weighted by Crippen LogP contribution is -2.36. The van der Waals surface area contributed by atoms with E-state index in [-0.39, 0.29) is 24.9 Å². The van der Waals surface area contributed by atoms with Gasteiger partial charge in [-0.25, -0.2) is 0 Å². The Labute approximate surface area is 103 Å². The van der Waals surface area contributed by atoms with E-state index < -0.39 is 5.41 Å². The molecule has 5 nitrogen and oxygen atoms in total. The average Bonchev–Trinajstić information content (AvgIpc) is 2.23. The molecule has 0 aromatic carbocycles. The first kappa shape index (κ1) is 15.9. The normalized spacial score (nSPS) is 11.1. The molecule has 5 heteroatoms. The van der Waals surface area contributed by atoms with Gasteiger partial charge in [0.1, 0.15) is 6.61 Å². The van der Waals surface area contributed by atoms with Crippen molar-refractivity contribution in [3.63, 3.8) is 0 Å². The van der Waals surface area contributed by atoms with Crippen LogP contribution in [-0.4, -0.2) is 38.2 Å². The van der Waals surface area contributed by atoms with Crippen molar-refractivity contribution < 1.29 is 19.1 Å². The van der Waals surface area contributed by atoms with E-state index in [4.69, 9.17) is 9.47 Å². The molecule has 1 amide bonds. The lowest BCUT2D eigenvalue weighted by molar-refractivity contribution is -0.145. The molecule has 0 bridgehead atoms. The second-order valence-electron chi connectivity index (χ2n) is 4.67. The van der Waals surface area contributed by atoms with E-state index in [1.54, 1.807) is 0 Å². The quantitative estimate of drug-likeness (QED) is 0.539. The molecule has 0 fully saturated rings. The number of ether oxygens (including phenoxy) is 2. The third-order valence-corrected chi connectivity index (χ3v) is 1.99. The molecule has 0 heterocycles. The standard InChI is InChI=1S/C12H23NO4/c1-5-16-8-9-17-10(14)6-7-13-11(15)12(2,3)4/h5-9H2,1-4H3,(H,13,15). The fourth-order valence-electron chi connectivity index (χ4n) is 0.974. The van der Waals surface area contributed by atoms with Crippen molar-refractivity contribution in [1.29, 1.82) is 0 Å². The Bertz CT molecular complexity index is 245. The van der Waals surface area contributed by atoms with E-state index >= 15 is 0 Å². The molecule has 0 saturated carbocycles. The van der Waals surface area contributed by atoms with Crippen LogP contribution in [0.4, 0.5) is 0 Å². The van der Waals surface area contributed by atoms with Gasteiger partial charge in [-0.1, -0.05) is 20.8 Å². The Morgan fingerprint density at radius 3 is 2.35 bits per heavy atom. The first-order valence-corrected chi connectivity index (χ1v) is 5.89. The molecule has 0 aromatic heterocycles. The van der Waals surface area contributed by atoms with Gasteiger partial charge in [-0.3, -0.25) is 9.59 Å². The smallest absolute Gasteiger partial charge is 0.307 e. The minimum absolute atomic E-state index is 0.0698. The summed E-state index contributed by atoms with van der Waals surface area (Å²) in [4.78, 5) is 22.7. The molecule has 0 aliphatic heterocycles. The number of hydrogen-bond donors (Lipinski definition) is 1. The van der Waals surface area contributed by atoms with E-state index in [9.17, 15) is 9.59 Å². The summed E-state index contributed by atoms with van der Waals surface area (Å²) < 4.78 is 9.92. The van der Waals surface area contributed by atoms with Crippen LogP contribution in [0.15, 0.2) is 0 Å². The van der Waals surface area contributed by atoms with Crippen LogP contribution in [0.25, 0.3) is 0 Å². The van der Waals surface area contributed by atoms with Crippen molar-refractivity contribution >= 4 is 11.9 Å². The second kappa shape index (κ2) is 8.06. The monoisotopic (exact) mass is 245 g/mol. The van der Waals surface area contributed by atoms with Gasteiger partial charge in [0, 0.05) is 18.6 Å². The van der Waals surface area contributed by atoms with Crippen molar-refractivity contribution in [2.45, 2.75) is 34.1 Å². The minimum Gasteiger partial charge on any atom is -0.463 e. The van der Waals surface area contributed by atoms with Crippen LogP contribution >= 0.6 is 0 Å². The van der Waals surface area contributed by atoms with Gasteiger partial charge in [-0.2, -0.15) is 0 Å². The zero-order chi connectivity index (χ0) is 13.3. The van der Waals surface area contributed by atoms with Crippen LogP contribution in [-0.2, 0) is 19.1 Å². The lowest BCUT2D eigenvalue weighted by Gasteiger charge is -2.17. The molecule has 100 valence electrons.